The molecule has 7 atom stereocenters. The molecule has 0 aromatic heterocycles. The summed E-state index contributed by atoms with van der Waals surface area (Å²) in [6.07, 6.45) is 25.0. The van der Waals surface area contributed by atoms with Crippen molar-refractivity contribution in [1.29, 1.82) is 0 Å². The second-order valence-electron chi connectivity index (χ2n) is 13.6. The summed E-state index contributed by atoms with van der Waals surface area (Å²) in [6.45, 7) is 12.5. The number of allylic oxidation sites excluding steroid dienone is 2. The number of fused-ring (bicyclic) bond motifs is 5. The Bertz CT molecular complexity index is 649. The molecule has 0 aromatic carbocycles. The van der Waals surface area contributed by atoms with Crippen LogP contribution in [-0.4, -0.2) is 11.5 Å². The number of rotatable bonds is 11. The highest BCUT2D eigenvalue weighted by molar-refractivity contribution is 7.99. The Kier molecular flexibility index (Phi) is 9.06. The maximum atomic E-state index is 2.81. The van der Waals surface area contributed by atoms with E-state index < -0.39 is 0 Å². The first kappa shape index (κ1) is 26.2. The molecule has 0 nitrogen and oxygen atoms in total. The molecule has 1 heteroatoms. The molecule has 0 N–H and O–H groups in total. The van der Waals surface area contributed by atoms with Crippen LogP contribution in [0.25, 0.3) is 0 Å². The molecule has 0 amide bonds. The Morgan fingerprint density at radius 1 is 0.939 bits per heavy atom. The Labute approximate surface area is 211 Å². The van der Waals surface area contributed by atoms with Gasteiger partial charge in [-0.1, -0.05) is 65.5 Å². The standard InChI is InChI=1S/C32H56S/c1-6-21-33-22-9-11-25-17-19-32(5)27(23-25)13-15-28-29-16-14-26(12-8-7-10-24(2)3)31(29,4)20-18-30(28)32/h13,24-26,28-30H,6-12,14-23H2,1-5H3. The van der Waals surface area contributed by atoms with Gasteiger partial charge < -0.3 is 0 Å². The van der Waals surface area contributed by atoms with Gasteiger partial charge in [0.25, 0.3) is 0 Å². The van der Waals surface area contributed by atoms with E-state index in [2.05, 4.69) is 52.5 Å². The average Bonchev–Trinajstić information content (AvgIpc) is 3.13. The molecule has 0 saturated heterocycles. The Balaban J connectivity index is 1.34. The highest BCUT2D eigenvalue weighted by Gasteiger charge is 2.58. The van der Waals surface area contributed by atoms with Gasteiger partial charge >= 0.3 is 0 Å². The molecule has 3 fully saturated rings. The third kappa shape index (κ3) is 5.59. The Hall–Kier alpha value is 0.0900. The minimum atomic E-state index is 0.549. The van der Waals surface area contributed by atoms with E-state index >= 15 is 0 Å². The second kappa shape index (κ2) is 11.4. The SMILES string of the molecule is CCCSCCCC1CCC2(C)C(=CCC3C2CCC2(C)C(CCCCC(C)C)CCC32)C1. The Morgan fingerprint density at radius 2 is 1.79 bits per heavy atom. The summed E-state index contributed by atoms with van der Waals surface area (Å²) in [6, 6.07) is 0. The van der Waals surface area contributed by atoms with E-state index in [1.807, 2.05) is 5.57 Å². The van der Waals surface area contributed by atoms with Gasteiger partial charge in [0.2, 0.25) is 0 Å². The largest absolute Gasteiger partial charge is 0.162 e. The van der Waals surface area contributed by atoms with Crippen molar-refractivity contribution in [3.05, 3.63) is 11.6 Å². The molecule has 4 aliphatic carbocycles. The van der Waals surface area contributed by atoms with Gasteiger partial charge in [0.05, 0.1) is 0 Å². The summed E-state index contributed by atoms with van der Waals surface area (Å²) in [7, 11) is 0. The molecule has 4 rings (SSSR count). The van der Waals surface area contributed by atoms with Crippen molar-refractivity contribution < 1.29 is 0 Å². The number of thioether (sulfide) groups is 1. The van der Waals surface area contributed by atoms with Crippen molar-refractivity contribution in [2.24, 2.45) is 46.3 Å². The molecule has 3 saturated carbocycles. The summed E-state index contributed by atoms with van der Waals surface area (Å²) in [4.78, 5) is 0. The van der Waals surface area contributed by atoms with Crippen molar-refractivity contribution in [3.63, 3.8) is 0 Å². The van der Waals surface area contributed by atoms with E-state index in [1.54, 1.807) is 6.42 Å². The first-order chi connectivity index (χ1) is 15.9. The monoisotopic (exact) mass is 472 g/mol. The van der Waals surface area contributed by atoms with E-state index in [-0.39, 0.29) is 0 Å². The highest BCUT2D eigenvalue weighted by Crippen LogP contribution is 2.67. The van der Waals surface area contributed by atoms with Gasteiger partial charge in [-0.25, -0.2) is 0 Å². The molecular formula is C32H56S. The predicted octanol–water partition coefficient (Wildman–Crippen LogP) is 10.3. The minimum Gasteiger partial charge on any atom is -0.162 e. The van der Waals surface area contributed by atoms with E-state index in [0.717, 1.165) is 35.5 Å². The molecule has 4 aliphatic rings. The molecule has 0 bridgehead atoms. The van der Waals surface area contributed by atoms with Gasteiger partial charge in [-0.05, 0) is 135 Å². The van der Waals surface area contributed by atoms with E-state index in [9.17, 15) is 0 Å². The van der Waals surface area contributed by atoms with Crippen LogP contribution in [0.5, 0.6) is 0 Å². The summed E-state index contributed by atoms with van der Waals surface area (Å²) < 4.78 is 0. The van der Waals surface area contributed by atoms with E-state index in [0.29, 0.717) is 10.8 Å². The van der Waals surface area contributed by atoms with Crippen LogP contribution >= 0.6 is 11.8 Å². The molecule has 0 heterocycles. The molecule has 33 heavy (non-hydrogen) atoms. The third-order valence-corrected chi connectivity index (χ3v) is 12.5. The fourth-order valence-corrected chi connectivity index (χ4v) is 10.1. The lowest BCUT2D eigenvalue weighted by atomic mass is 9.47. The van der Waals surface area contributed by atoms with Crippen LogP contribution in [0.1, 0.15) is 131 Å². The van der Waals surface area contributed by atoms with Crippen LogP contribution in [0.4, 0.5) is 0 Å². The van der Waals surface area contributed by atoms with Gasteiger partial charge in [0.15, 0.2) is 0 Å². The van der Waals surface area contributed by atoms with Crippen LogP contribution in [0, 0.1) is 46.3 Å². The highest BCUT2D eigenvalue weighted by atomic mass is 32.2. The van der Waals surface area contributed by atoms with Gasteiger partial charge in [0, 0.05) is 0 Å². The van der Waals surface area contributed by atoms with Crippen LogP contribution < -0.4 is 0 Å². The second-order valence-corrected chi connectivity index (χ2v) is 14.8. The number of hydrogen-bond acceptors (Lipinski definition) is 1. The molecule has 0 aliphatic heterocycles. The van der Waals surface area contributed by atoms with Crippen LogP contribution in [0.2, 0.25) is 0 Å². The van der Waals surface area contributed by atoms with Gasteiger partial charge in [-0.15, -0.1) is 0 Å². The average molecular weight is 473 g/mol. The zero-order valence-corrected chi connectivity index (χ0v) is 23.8. The number of unbranched alkanes of at least 4 members (excludes halogenated alkanes) is 1. The zero-order chi connectivity index (χ0) is 23.5. The zero-order valence-electron chi connectivity index (χ0n) is 23.0. The smallest absolute Gasteiger partial charge is 0.00674 e. The summed E-state index contributed by atoms with van der Waals surface area (Å²) in [5, 5.41) is 0. The van der Waals surface area contributed by atoms with Crippen molar-refractivity contribution in [1.82, 2.24) is 0 Å². The predicted molar refractivity (Wildman–Crippen MR) is 149 cm³/mol. The summed E-state index contributed by atoms with van der Waals surface area (Å²) in [5.74, 6) is 8.66. The van der Waals surface area contributed by atoms with Crippen molar-refractivity contribution in [3.8, 4) is 0 Å². The van der Waals surface area contributed by atoms with Crippen molar-refractivity contribution >= 4 is 11.8 Å². The molecule has 190 valence electrons. The maximum Gasteiger partial charge on any atom is -0.00674 e. The van der Waals surface area contributed by atoms with Crippen molar-refractivity contribution in [2.45, 2.75) is 131 Å². The van der Waals surface area contributed by atoms with Crippen LogP contribution in [-0.2, 0) is 0 Å². The molecule has 0 radical (unpaired) electrons. The third-order valence-electron chi connectivity index (χ3n) is 11.2. The Morgan fingerprint density at radius 3 is 2.58 bits per heavy atom. The van der Waals surface area contributed by atoms with E-state index in [4.69, 9.17) is 0 Å². The van der Waals surface area contributed by atoms with E-state index in [1.165, 1.54) is 101 Å². The molecule has 0 spiro atoms. The molecular weight excluding hydrogens is 416 g/mol. The first-order valence-corrected chi connectivity index (χ1v) is 16.3. The lowest BCUT2D eigenvalue weighted by Crippen LogP contribution is -2.50. The quantitative estimate of drug-likeness (QED) is 0.213. The van der Waals surface area contributed by atoms with Gasteiger partial charge in [-0.3, -0.25) is 0 Å². The summed E-state index contributed by atoms with van der Waals surface area (Å²) >= 11 is 2.18. The first-order valence-electron chi connectivity index (χ1n) is 15.2. The fourth-order valence-electron chi connectivity index (χ4n) is 9.23. The lowest BCUT2D eigenvalue weighted by molar-refractivity contribution is -0.0458. The maximum absolute atomic E-state index is 2.81. The lowest BCUT2D eigenvalue weighted by Gasteiger charge is -2.58. The molecule has 0 aromatic rings. The van der Waals surface area contributed by atoms with Gasteiger partial charge in [0.1, 0.15) is 0 Å². The topological polar surface area (TPSA) is 0 Å². The number of hydrogen-bond donors (Lipinski definition) is 0. The summed E-state index contributed by atoms with van der Waals surface area (Å²) in [5.41, 5.74) is 3.12. The van der Waals surface area contributed by atoms with Crippen molar-refractivity contribution in [2.75, 3.05) is 11.5 Å². The van der Waals surface area contributed by atoms with Gasteiger partial charge in [-0.2, -0.15) is 11.8 Å². The fraction of sp³-hybridized carbons (Fsp3) is 0.938. The van der Waals surface area contributed by atoms with Crippen LogP contribution in [0.3, 0.4) is 0 Å². The van der Waals surface area contributed by atoms with Crippen LogP contribution in [0.15, 0.2) is 11.6 Å². The molecule has 7 unspecified atom stereocenters. The minimum absolute atomic E-state index is 0.549. The normalized spacial score (nSPS) is 40.3.